The van der Waals surface area contributed by atoms with E-state index in [2.05, 4.69) is 4.72 Å². The fourth-order valence-electron chi connectivity index (χ4n) is 2.37. The molecule has 0 unspecified atom stereocenters. The summed E-state index contributed by atoms with van der Waals surface area (Å²) in [6.07, 6.45) is 0. The molecule has 1 heterocycles. The molecule has 0 radical (unpaired) electrons. The van der Waals surface area contributed by atoms with Crippen LogP contribution in [-0.2, 0) is 14.8 Å². The predicted molar refractivity (Wildman–Crippen MR) is 87.3 cm³/mol. The summed E-state index contributed by atoms with van der Waals surface area (Å²) in [6, 6.07) is 8.36. The topological polar surface area (TPSA) is 75.7 Å². The number of ether oxygens (including phenoxy) is 1. The number of sulfonamides is 1. The number of amides is 1. The Balaban J connectivity index is 1.99. The predicted octanol–water partition coefficient (Wildman–Crippen LogP) is 2.29. The van der Waals surface area contributed by atoms with Crippen molar-refractivity contribution in [3.05, 3.63) is 47.8 Å². The quantitative estimate of drug-likeness (QED) is 0.922. The van der Waals surface area contributed by atoms with Gasteiger partial charge in [0.25, 0.3) is 15.9 Å². The SMILES string of the molecule is Cc1cc(S(=O)(=O)Nc2cccc3c2OCC(=O)N3C)ccc1F. The normalized spacial score (nSPS) is 14.1. The van der Waals surface area contributed by atoms with E-state index in [1.165, 1.54) is 30.0 Å². The van der Waals surface area contributed by atoms with Crippen molar-refractivity contribution >= 4 is 27.3 Å². The van der Waals surface area contributed by atoms with Crippen molar-refractivity contribution in [2.75, 3.05) is 23.3 Å². The average molecular weight is 350 g/mol. The second-order valence-electron chi connectivity index (χ2n) is 5.41. The van der Waals surface area contributed by atoms with Gasteiger partial charge in [0.2, 0.25) is 0 Å². The highest BCUT2D eigenvalue weighted by atomic mass is 32.2. The summed E-state index contributed by atoms with van der Waals surface area (Å²) in [6.45, 7) is 1.32. The molecule has 24 heavy (non-hydrogen) atoms. The van der Waals surface area contributed by atoms with Gasteiger partial charge in [0.05, 0.1) is 16.3 Å². The summed E-state index contributed by atoms with van der Waals surface area (Å²) in [5.41, 5.74) is 0.921. The number of nitrogens with zero attached hydrogens (tertiary/aromatic N) is 1. The van der Waals surface area contributed by atoms with Crippen LogP contribution in [0.5, 0.6) is 5.75 Å². The first-order chi connectivity index (χ1) is 11.3. The summed E-state index contributed by atoms with van der Waals surface area (Å²) < 4.78 is 46.2. The van der Waals surface area contributed by atoms with Crippen LogP contribution in [0.25, 0.3) is 0 Å². The van der Waals surface area contributed by atoms with Crippen LogP contribution in [0.1, 0.15) is 5.56 Å². The summed E-state index contributed by atoms with van der Waals surface area (Å²) in [7, 11) is -2.33. The lowest BCUT2D eigenvalue weighted by atomic mass is 10.2. The number of rotatable bonds is 3. The highest BCUT2D eigenvalue weighted by molar-refractivity contribution is 7.92. The zero-order chi connectivity index (χ0) is 17.5. The van der Waals surface area contributed by atoms with Crippen molar-refractivity contribution in [2.24, 2.45) is 0 Å². The number of aryl methyl sites for hydroxylation is 1. The third-order valence-corrected chi connectivity index (χ3v) is 5.12. The number of carbonyl (C=O) groups is 1. The maximum Gasteiger partial charge on any atom is 0.264 e. The van der Waals surface area contributed by atoms with E-state index < -0.39 is 15.8 Å². The number of benzene rings is 2. The van der Waals surface area contributed by atoms with E-state index in [-0.39, 0.29) is 34.4 Å². The van der Waals surface area contributed by atoms with Crippen LogP contribution in [0, 0.1) is 12.7 Å². The minimum Gasteiger partial charge on any atom is -0.479 e. The minimum atomic E-state index is -3.92. The third kappa shape index (κ3) is 2.80. The van der Waals surface area contributed by atoms with E-state index in [0.29, 0.717) is 5.69 Å². The molecular weight excluding hydrogens is 335 g/mol. The minimum absolute atomic E-state index is 0.0563. The van der Waals surface area contributed by atoms with Crippen LogP contribution >= 0.6 is 0 Å². The molecule has 0 aliphatic carbocycles. The maximum absolute atomic E-state index is 13.3. The second kappa shape index (κ2) is 5.79. The highest BCUT2D eigenvalue weighted by Crippen LogP contribution is 2.38. The molecule has 3 rings (SSSR count). The fraction of sp³-hybridized carbons (Fsp3) is 0.188. The number of likely N-dealkylation sites (N-methyl/N-ethyl adjacent to an activating group) is 1. The molecule has 126 valence electrons. The Labute approximate surface area is 138 Å². The molecule has 0 saturated heterocycles. The molecule has 1 aliphatic heterocycles. The van der Waals surface area contributed by atoms with Crippen molar-refractivity contribution in [1.29, 1.82) is 0 Å². The maximum atomic E-state index is 13.3. The molecule has 0 bridgehead atoms. The van der Waals surface area contributed by atoms with Crippen LogP contribution in [0.3, 0.4) is 0 Å². The first-order valence-corrected chi connectivity index (χ1v) is 8.59. The van der Waals surface area contributed by atoms with Crippen LogP contribution in [0.15, 0.2) is 41.3 Å². The summed E-state index contributed by atoms with van der Waals surface area (Å²) in [4.78, 5) is 13.0. The molecule has 1 amide bonds. The number of fused-ring (bicyclic) bond motifs is 1. The summed E-state index contributed by atoms with van der Waals surface area (Å²) >= 11 is 0. The van der Waals surface area contributed by atoms with Gasteiger partial charge in [-0.25, -0.2) is 12.8 Å². The number of anilines is 2. The number of halogens is 1. The first-order valence-electron chi connectivity index (χ1n) is 7.11. The first kappa shape index (κ1) is 16.3. The van der Waals surface area contributed by atoms with Gasteiger partial charge in [0.15, 0.2) is 12.4 Å². The van der Waals surface area contributed by atoms with Gasteiger partial charge in [0.1, 0.15) is 5.82 Å². The number of hydrogen-bond donors (Lipinski definition) is 1. The third-order valence-electron chi connectivity index (χ3n) is 3.75. The number of para-hydroxylation sites is 1. The van der Waals surface area contributed by atoms with Gasteiger partial charge in [-0.2, -0.15) is 0 Å². The lowest BCUT2D eigenvalue weighted by Gasteiger charge is -2.27. The molecule has 0 atom stereocenters. The molecule has 1 aliphatic rings. The van der Waals surface area contributed by atoms with Gasteiger partial charge in [0, 0.05) is 7.05 Å². The van der Waals surface area contributed by atoms with E-state index in [1.54, 1.807) is 19.2 Å². The van der Waals surface area contributed by atoms with E-state index in [1.807, 2.05) is 0 Å². The summed E-state index contributed by atoms with van der Waals surface area (Å²) in [5.74, 6) is -0.423. The summed E-state index contributed by atoms with van der Waals surface area (Å²) in [5, 5.41) is 0. The van der Waals surface area contributed by atoms with Gasteiger partial charge >= 0.3 is 0 Å². The van der Waals surface area contributed by atoms with Crippen molar-refractivity contribution in [1.82, 2.24) is 0 Å². The lowest BCUT2D eigenvalue weighted by Crippen LogP contribution is -2.35. The Hall–Kier alpha value is -2.61. The molecule has 2 aromatic rings. The molecule has 0 saturated carbocycles. The Kier molecular flexibility index (Phi) is 3.92. The lowest BCUT2D eigenvalue weighted by molar-refractivity contribution is -0.120. The average Bonchev–Trinajstić information content (AvgIpc) is 2.53. The van der Waals surface area contributed by atoms with Gasteiger partial charge in [-0.3, -0.25) is 9.52 Å². The Morgan fingerprint density at radius 1 is 1.25 bits per heavy atom. The molecule has 6 nitrogen and oxygen atoms in total. The molecule has 0 aromatic heterocycles. The zero-order valence-electron chi connectivity index (χ0n) is 13.0. The van der Waals surface area contributed by atoms with Crippen LogP contribution in [-0.4, -0.2) is 28.0 Å². The zero-order valence-corrected chi connectivity index (χ0v) is 13.9. The molecule has 1 N–H and O–H groups in total. The van der Waals surface area contributed by atoms with E-state index >= 15 is 0 Å². The van der Waals surface area contributed by atoms with Crippen LogP contribution in [0.4, 0.5) is 15.8 Å². The van der Waals surface area contributed by atoms with Gasteiger partial charge in [-0.15, -0.1) is 0 Å². The highest BCUT2D eigenvalue weighted by Gasteiger charge is 2.26. The van der Waals surface area contributed by atoms with E-state index in [0.717, 1.165) is 6.07 Å². The van der Waals surface area contributed by atoms with Crippen molar-refractivity contribution < 1.29 is 22.3 Å². The van der Waals surface area contributed by atoms with Gasteiger partial charge in [-0.05, 0) is 42.8 Å². The fourth-order valence-corrected chi connectivity index (χ4v) is 3.52. The molecule has 2 aromatic carbocycles. The van der Waals surface area contributed by atoms with Crippen molar-refractivity contribution in [2.45, 2.75) is 11.8 Å². The molecule has 0 fully saturated rings. The number of nitrogens with one attached hydrogen (secondary N) is 1. The second-order valence-corrected chi connectivity index (χ2v) is 7.09. The smallest absolute Gasteiger partial charge is 0.264 e. The monoisotopic (exact) mass is 350 g/mol. The largest absolute Gasteiger partial charge is 0.479 e. The molecule has 0 spiro atoms. The van der Waals surface area contributed by atoms with Crippen molar-refractivity contribution in [3.8, 4) is 5.75 Å². The molecular formula is C16H15FN2O4S. The van der Waals surface area contributed by atoms with Crippen LogP contribution < -0.4 is 14.4 Å². The van der Waals surface area contributed by atoms with E-state index in [9.17, 15) is 17.6 Å². The number of hydrogen-bond acceptors (Lipinski definition) is 4. The van der Waals surface area contributed by atoms with E-state index in [4.69, 9.17) is 4.74 Å². The Morgan fingerprint density at radius 2 is 2.00 bits per heavy atom. The van der Waals surface area contributed by atoms with Gasteiger partial charge in [-0.1, -0.05) is 6.07 Å². The van der Waals surface area contributed by atoms with Crippen LogP contribution in [0.2, 0.25) is 0 Å². The standard InChI is InChI=1S/C16H15FN2O4S/c1-10-8-11(6-7-12(10)17)24(21,22)18-13-4-3-5-14-16(13)23-9-15(20)19(14)2/h3-8,18H,9H2,1-2H3. The molecule has 8 heteroatoms. The van der Waals surface area contributed by atoms with Gasteiger partial charge < -0.3 is 9.64 Å². The Bertz CT molecular complexity index is 928. The number of carbonyl (C=O) groups excluding carboxylic acids is 1. The Morgan fingerprint density at radius 3 is 2.71 bits per heavy atom. The van der Waals surface area contributed by atoms with Crippen molar-refractivity contribution in [3.63, 3.8) is 0 Å².